The second-order valence-electron chi connectivity index (χ2n) is 5.32. The summed E-state index contributed by atoms with van der Waals surface area (Å²) in [4.78, 5) is 22.9. The van der Waals surface area contributed by atoms with E-state index < -0.39 is 4.92 Å². The second kappa shape index (κ2) is 6.39. The highest BCUT2D eigenvalue weighted by Crippen LogP contribution is 2.24. The molecule has 0 aliphatic rings. The van der Waals surface area contributed by atoms with E-state index in [0.717, 1.165) is 5.56 Å². The number of nitro groups is 1. The summed E-state index contributed by atoms with van der Waals surface area (Å²) in [5.74, 6) is -0.238. The summed E-state index contributed by atoms with van der Waals surface area (Å²) in [6.07, 6.45) is 0. The Morgan fingerprint density at radius 3 is 2.18 bits per heavy atom. The summed E-state index contributed by atoms with van der Waals surface area (Å²) in [7, 11) is 0. The van der Waals surface area contributed by atoms with Gasteiger partial charge in [-0.25, -0.2) is 0 Å². The Morgan fingerprint density at radius 1 is 1.14 bits per heavy atom. The Kier molecular flexibility index (Phi) is 4.56. The molecule has 1 amide bonds. The fourth-order valence-corrected chi connectivity index (χ4v) is 2.48. The SMILES string of the molecule is Cc1cc(C(=O)N[C@H](C)c2ccccc2)cc(C)c1[N+](=O)[O-]. The van der Waals surface area contributed by atoms with Crippen LogP contribution in [0.15, 0.2) is 42.5 Å². The smallest absolute Gasteiger partial charge is 0.275 e. The van der Waals surface area contributed by atoms with Crippen LogP contribution in [-0.4, -0.2) is 10.8 Å². The number of hydrogen-bond donors (Lipinski definition) is 1. The van der Waals surface area contributed by atoms with Crippen LogP contribution in [0.5, 0.6) is 0 Å². The number of nitro benzene ring substituents is 1. The molecule has 2 aromatic rings. The maximum atomic E-state index is 12.3. The quantitative estimate of drug-likeness (QED) is 0.691. The van der Waals surface area contributed by atoms with E-state index in [9.17, 15) is 14.9 Å². The van der Waals surface area contributed by atoms with Crippen LogP contribution in [0.2, 0.25) is 0 Å². The molecule has 0 bridgehead atoms. The fourth-order valence-electron chi connectivity index (χ4n) is 2.48. The summed E-state index contributed by atoms with van der Waals surface area (Å²) >= 11 is 0. The Balaban J connectivity index is 2.22. The molecule has 1 atom stereocenters. The topological polar surface area (TPSA) is 72.2 Å². The highest BCUT2D eigenvalue weighted by molar-refractivity contribution is 5.95. The highest BCUT2D eigenvalue weighted by atomic mass is 16.6. The molecule has 0 aliphatic carbocycles. The zero-order valence-corrected chi connectivity index (χ0v) is 12.8. The van der Waals surface area contributed by atoms with Crippen LogP contribution in [0.4, 0.5) is 5.69 Å². The lowest BCUT2D eigenvalue weighted by Gasteiger charge is -2.15. The zero-order chi connectivity index (χ0) is 16.3. The maximum absolute atomic E-state index is 12.3. The predicted molar refractivity (Wildman–Crippen MR) is 84.9 cm³/mol. The van der Waals surface area contributed by atoms with Gasteiger partial charge in [0, 0.05) is 16.7 Å². The number of amides is 1. The van der Waals surface area contributed by atoms with E-state index in [-0.39, 0.29) is 17.6 Å². The first-order chi connectivity index (χ1) is 10.4. The summed E-state index contributed by atoms with van der Waals surface area (Å²) in [5.41, 5.74) is 2.48. The molecule has 0 saturated heterocycles. The molecule has 2 rings (SSSR count). The normalized spacial score (nSPS) is 11.8. The van der Waals surface area contributed by atoms with Gasteiger partial charge in [0.1, 0.15) is 0 Å². The summed E-state index contributed by atoms with van der Waals surface area (Å²) < 4.78 is 0. The molecule has 0 spiro atoms. The molecule has 2 aromatic carbocycles. The molecule has 22 heavy (non-hydrogen) atoms. The van der Waals surface area contributed by atoms with Crippen LogP contribution in [0.25, 0.3) is 0 Å². The van der Waals surface area contributed by atoms with Gasteiger partial charge in [-0.3, -0.25) is 14.9 Å². The second-order valence-corrected chi connectivity index (χ2v) is 5.32. The molecule has 0 aromatic heterocycles. The first-order valence-corrected chi connectivity index (χ1v) is 7.01. The number of aryl methyl sites for hydroxylation is 2. The molecular formula is C17H18N2O3. The van der Waals surface area contributed by atoms with Crippen LogP contribution in [0, 0.1) is 24.0 Å². The number of nitrogens with zero attached hydrogens (tertiary/aromatic N) is 1. The average Bonchev–Trinajstić information content (AvgIpc) is 2.46. The third-order valence-electron chi connectivity index (χ3n) is 3.58. The minimum absolute atomic E-state index is 0.0626. The number of rotatable bonds is 4. The Bertz CT molecular complexity index is 688. The van der Waals surface area contributed by atoms with Gasteiger partial charge in [0.2, 0.25) is 0 Å². The molecule has 5 heteroatoms. The number of benzene rings is 2. The van der Waals surface area contributed by atoms with Gasteiger partial charge in [0.15, 0.2) is 0 Å². The average molecular weight is 298 g/mol. The summed E-state index contributed by atoms with van der Waals surface area (Å²) in [6, 6.07) is 12.6. The van der Waals surface area contributed by atoms with Crippen molar-refractivity contribution >= 4 is 11.6 Å². The molecule has 0 radical (unpaired) electrons. The zero-order valence-electron chi connectivity index (χ0n) is 12.8. The summed E-state index contributed by atoms with van der Waals surface area (Å²) in [5, 5.41) is 13.9. The monoisotopic (exact) mass is 298 g/mol. The van der Waals surface area contributed by atoms with E-state index in [2.05, 4.69) is 5.32 Å². The number of nitrogens with one attached hydrogen (secondary N) is 1. The van der Waals surface area contributed by atoms with Crippen LogP contribution >= 0.6 is 0 Å². The van der Waals surface area contributed by atoms with Crippen LogP contribution in [0.3, 0.4) is 0 Å². The minimum Gasteiger partial charge on any atom is -0.346 e. The molecule has 1 N–H and O–H groups in total. The molecular weight excluding hydrogens is 280 g/mol. The summed E-state index contributed by atoms with van der Waals surface area (Å²) in [6.45, 7) is 5.18. The fraction of sp³-hybridized carbons (Fsp3) is 0.235. The predicted octanol–water partition coefficient (Wildman–Crippen LogP) is 3.70. The Morgan fingerprint density at radius 2 is 1.68 bits per heavy atom. The van der Waals surface area contributed by atoms with Gasteiger partial charge in [0.05, 0.1) is 11.0 Å². The van der Waals surface area contributed by atoms with Crippen molar-refractivity contribution in [2.45, 2.75) is 26.8 Å². The molecule has 0 fully saturated rings. The van der Waals surface area contributed by atoms with Crippen LogP contribution < -0.4 is 5.32 Å². The first kappa shape index (κ1) is 15.7. The Hall–Kier alpha value is -2.69. The van der Waals surface area contributed by atoms with Crippen molar-refractivity contribution in [1.29, 1.82) is 0 Å². The van der Waals surface area contributed by atoms with Gasteiger partial charge in [0.25, 0.3) is 11.6 Å². The lowest BCUT2D eigenvalue weighted by molar-refractivity contribution is -0.386. The van der Waals surface area contributed by atoms with E-state index >= 15 is 0 Å². The van der Waals surface area contributed by atoms with E-state index in [0.29, 0.717) is 16.7 Å². The molecule has 0 unspecified atom stereocenters. The first-order valence-electron chi connectivity index (χ1n) is 7.01. The van der Waals surface area contributed by atoms with Crippen molar-refractivity contribution in [3.63, 3.8) is 0 Å². The van der Waals surface area contributed by atoms with Crippen molar-refractivity contribution in [2.24, 2.45) is 0 Å². The van der Waals surface area contributed by atoms with Crippen molar-refractivity contribution in [3.05, 3.63) is 74.8 Å². The number of carbonyl (C=O) groups excluding carboxylic acids is 1. The van der Waals surface area contributed by atoms with E-state index in [1.54, 1.807) is 26.0 Å². The Labute approximate surface area is 129 Å². The van der Waals surface area contributed by atoms with Gasteiger partial charge >= 0.3 is 0 Å². The van der Waals surface area contributed by atoms with Crippen LogP contribution in [0.1, 0.15) is 40.0 Å². The highest BCUT2D eigenvalue weighted by Gasteiger charge is 2.19. The largest absolute Gasteiger partial charge is 0.346 e. The van der Waals surface area contributed by atoms with Gasteiger partial charge < -0.3 is 5.32 Å². The van der Waals surface area contributed by atoms with E-state index in [4.69, 9.17) is 0 Å². The van der Waals surface area contributed by atoms with Crippen molar-refractivity contribution in [3.8, 4) is 0 Å². The standard InChI is InChI=1S/C17H18N2O3/c1-11-9-15(10-12(2)16(11)19(21)22)17(20)18-13(3)14-7-5-4-6-8-14/h4-10,13H,1-3H3,(H,18,20)/t13-/m1/s1. The lowest BCUT2D eigenvalue weighted by atomic mass is 10.0. The van der Waals surface area contributed by atoms with E-state index in [1.807, 2.05) is 37.3 Å². The van der Waals surface area contributed by atoms with Crippen molar-refractivity contribution in [1.82, 2.24) is 5.32 Å². The minimum atomic E-state index is -0.418. The molecule has 0 saturated carbocycles. The van der Waals surface area contributed by atoms with Crippen molar-refractivity contribution < 1.29 is 9.72 Å². The maximum Gasteiger partial charge on any atom is 0.275 e. The third-order valence-corrected chi connectivity index (χ3v) is 3.58. The van der Waals surface area contributed by atoms with Crippen molar-refractivity contribution in [2.75, 3.05) is 0 Å². The number of hydrogen-bond acceptors (Lipinski definition) is 3. The van der Waals surface area contributed by atoms with E-state index in [1.165, 1.54) is 0 Å². The lowest BCUT2D eigenvalue weighted by Crippen LogP contribution is -2.26. The van der Waals surface area contributed by atoms with Gasteiger partial charge in [-0.05, 0) is 38.5 Å². The molecule has 0 aliphatic heterocycles. The molecule has 114 valence electrons. The molecule has 0 heterocycles. The third kappa shape index (κ3) is 3.31. The number of carbonyl (C=O) groups is 1. The van der Waals surface area contributed by atoms with Gasteiger partial charge in [-0.1, -0.05) is 30.3 Å². The molecule has 5 nitrogen and oxygen atoms in total. The van der Waals surface area contributed by atoms with Gasteiger partial charge in [-0.15, -0.1) is 0 Å². The van der Waals surface area contributed by atoms with Gasteiger partial charge in [-0.2, -0.15) is 0 Å². The van der Waals surface area contributed by atoms with Crippen LogP contribution in [-0.2, 0) is 0 Å².